The molecule has 2 aromatic carbocycles. The van der Waals surface area contributed by atoms with Crippen molar-refractivity contribution in [3.05, 3.63) is 70.0 Å². The molecule has 0 saturated carbocycles. The van der Waals surface area contributed by atoms with Crippen LogP contribution < -0.4 is 5.43 Å². The summed E-state index contributed by atoms with van der Waals surface area (Å²) in [4.78, 5) is 15.7. The van der Waals surface area contributed by atoms with Crippen LogP contribution in [0.25, 0.3) is 22.0 Å². The molecule has 1 N–H and O–H groups in total. The summed E-state index contributed by atoms with van der Waals surface area (Å²) in [6, 6.07) is 13.9. The number of aromatic amines is 1. The number of benzene rings is 2. The fourth-order valence-electron chi connectivity index (χ4n) is 2.28. The SMILES string of the molecule is Cc1ccc(-c2c[nH]c3cc(C)ccc3c2=O)cc1. The number of aryl methyl sites for hydroxylation is 2. The highest BCUT2D eigenvalue weighted by molar-refractivity contribution is 5.83. The minimum atomic E-state index is 0.0811. The maximum Gasteiger partial charge on any atom is 0.197 e. The first-order valence-electron chi connectivity index (χ1n) is 6.34. The largest absolute Gasteiger partial charge is 0.360 e. The fraction of sp³-hybridized carbons (Fsp3) is 0.118. The van der Waals surface area contributed by atoms with E-state index in [1.807, 2.05) is 56.3 Å². The second-order valence-electron chi connectivity index (χ2n) is 4.95. The van der Waals surface area contributed by atoms with Crippen LogP contribution in [0.15, 0.2) is 53.5 Å². The highest BCUT2D eigenvalue weighted by Gasteiger charge is 2.07. The molecule has 3 aromatic rings. The first-order chi connectivity index (χ1) is 9.15. The maximum atomic E-state index is 12.5. The highest BCUT2D eigenvalue weighted by Crippen LogP contribution is 2.18. The molecule has 1 heterocycles. The van der Waals surface area contributed by atoms with Gasteiger partial charge in [-0.3, -0.25) is 4.79 Å². The topological polar surface area (TPSA) is 32.9 Å². The number of H-pyrrole nitrogens is 1. The van der Waals surface area contributed by atoms with Crippen LogP contribution in [-0.2, 0) is 0 Å². The van der Waals surface area contributed by atoms with Crippen molar-refractivity contribution in [1.82, 2.24) is 4.98 Å². The predicted octanol–water partition coefficient (Wildman–Crippen LogP) is 3.81. The zero-order chi connectivity index (χ0) is 13.4. The molecule has 0 unspecified atom stereocenters. The number of rotatable bonds is 1. The predicted molar refractivity (Wildman–Crippen MR) is 79.5 cm³/mol. The normalized spacial score (nSPS) is 10.8. The van der Waals surface area contributed by atoms with Crippen LogP contribution in [0.2, 0.25) is 0 Å². The Morgan fingerprint density at radius 2 is 1.58 bits per heavy atom. The number of nitrogens with one attached hydrogen (secondary N) is 1. The van der Waals surface area contributed by atoms with Gasteiger partial charge >= 0.3 is 0 Å². The first kappa shape index (κ1) is 11.7. The van der Waals surface area contributed by atoms with Gasteiger partial charge in [0.25, 0.3) is 0 Å². The van der Waals surface area contributed by atoms with Gasteiger partial charge in [0.15, 0.2) is 5.43 Å². The quantitative estimate of drug-likeness (QED) is 0.699. The third-order valence-electron chi connectivity index (χ3n) is 3.40. The molecule has 0 atom stereocenters. The van der Waals surface area contributed by atoms with Gasteiger partial charge in [0.1, 0.15) is 0 Å². The van der Waals surface area contributed by atoms with Gasteiger partial charge in [-0.25, -0.2) is 0 Å². The molecular weight excluding hydrogens is 234 g/mol. The van der Waals surface area contributed by atoms with Crippen molar-refractivity contribution in [2.75, 3.05) is 0 Å². The van der Waals surface area contributed by atoms with Crippen molar-refractivity contribution in [2.45, 2.75) is 13.8 Å². The molecule has 0 spiro atoms. The van der Waals surface area contributed by atoms with Crippen LogP contribution in [0.4, 0.5) is 0 Å². The monoisotopic (exact) mass is 249 g/mol. The second-order valence-corrected chi connectivity index (χ2v) is 4.95. The van der Waals surface area contributed by atoms with Gasteiger partial charge in [0.05, 0.1) is 0 Å². The number of pyridine rings is 1. The molecule has 0 aliphatic heterocycles. The zero-order valence-corrected chi connectivity index (χ0v) is 11.0. The third kappa shape index (κ3) is 2.06. The lowest BCUT2D eigenvalue weighted by Crippen LogP contribution is -2.06. The summed E-state index contributed by atoms with van der Waals surface area (Å²) in [6.07, 6.45) is 1.80. The average Bonchev–Trinajstić information content (AvgIpc) is 2.40. The lowest BCUT2D eigenvalue weighted by atomic mass is 10.0. The van der Waals surface area contributed by atoms with E-state index in [0.717, 1.165) is 27.6 Å². The lowest BCUT2D eigenvalue weighted by molar-refractivity contribution is 1.36. The summed E-state index contributed by atoms with van der Waals surface area (Å²) in [5, 5.41) is 0.740. The van der Waals surface area contributed by atoms with E-state index in [9.17, 15) is 4.79 Å². The lowest BCUT2D eigenvalue weighted by Gasteiger charge is -2.05. The Hall–Kier alpha value is -2.35. The Bertz CT molecular complexity index is 798. The van der Waals surface area contributed by atoms with Crippen LogP contribution in [0.5, 0.6) is 0 Å². The molecule has 2 nitrogen and oxygen atoms in total. The van der Waals surface area contributed by atoms with Crippen molar-refractivity contribution in [3.63, 3.8) is 0 Å². The molecular formula is C17H15NO. The Kier molecular flexibility index (Phi) is 2.71. The average molecular weight is 249 g/mol. The van der Waals surface area contributed by atoms with E-state index in [0.29, 0.717) is 0 Å². The van der Waals surface area contributed by atoms with Gasteiger partial charge in [-0.05, 0) is 37.1 Å². The minimum absolute atomic E-state index is 0.0811. The van der Waals surface area contributed by atoms with Gasteiger partial charge in [-0.15, -0.1) is 0 Å². The summed E-state index contributed by atoms with van der Waals surface area (Å²) < 4.78 is 0. The Labute approximate surface area is 111 Å². The standard InChI is InChI=1S/C17H15NO/c1-11-3-6-13(7-4-11)15-10-18-16-9-12(2)5-8-14(16)17(15)19/h3-10H,1-2H3,(H,18,19). The maximum absolute atomic E-state index is 12.5. The van der Waals surface area contributed by atoms with Crippen LogP contribution in [0.1, 0.15) is 11.1 Å². The van der Waals surface area contributed by atoms with E-state index < -0.39 is 0 Å². The van der Waals surface area contributed by atoms with Crippen LogP contribution in [-0.4, -0.2) is 4.98 Å². The summed E-state index contributed by atoms with van der Waals surface area (Å²) in [7, 11) is 0. The molecule has 0 fully saturated rings. The van der Waals surface area contributed by atoms with Gasteiger partial charge in [0.2, 0.25) is 0 Å². The molecule has 0 saturated heterocycles. The first-order valence-corrected chi connectivity index (χ1v) is 6.34. The molecule has 0 aliphatic rings. The van der Waals surface area contributed by atoms with Crippen molar-refractivity contribution in [2.24, 2.45) is 0 Å². The number of hydrogen-bond acceptors (Lipinski definition) is 1. The van der Waals surface area contributed by atoms with Crippen molar-refractivity contribution in [1.29, 1.82) is 0 Å². The molecule has 0 amide bonds. The van der Waals surface area contributed by atoms with E-state index in [1.54, 1.807) is 6.20 Å². The Balaban J connectivity index is 2.26. The fourth-order valence-corrected chi connectivity index (χ4v) is 2.28. The highest BCUT2D eigenvalue weighted by atomic mass is 16.1. The van der Waals surface area contributed by atoms with Crippen LogP contribution >= 0.6 is 0 Å². The Morgan fingerprint density at radius 3 is 2.32 bits per heavy atom. The number of aromatic nitrogens is 1. The molecule has 94 valence electrons. The van der Waals surface area contributed by atoms with Crippen LogP contribution in [0, 0.1) is 13.8 Å². The molecule has 3 rings (SSSR count). The van der Waals surface area contributed by atoms with Gasteiger partial charge in [-0.1, -0.05) is 35.9 Å². The number of fused-ring (bicyclic) bond motifs is 1. The van der Waals surface area contributed by atoms with E-state index in [2.05, 4.69) is 4.98 Å². The summed E-state index contributed by atoms with van der Waals surface area (Å²) >= 11 is 0. The van der Waals surface area contributed by atoms with E-state index in [4.69, 9.17) is 0 Å². The smallest absolute Gasteiger partial charge is 0.197 e. The molecule has 19 heavy (non-hydrogen) atoms. The summed E-state index contributed by atoms with van der Waals surface area (Å²) in [5.74, 6) is 0. The zero-order valence-electron chi connectivity index (χ0n) is 11.0. The van der Waals surface area contributed by atoms with E-state index in [1.165, 1.54) is 5.56 Å². The van der Waals surface area contributed by atoms with Crippen molar-refractivity contribution < 1.29 is 0 Å². The van der Waals surface area contributed by atoms with Crippen LogP contribution in [0.3, 0.4) is 0 Å². The molecule has 2 heteroatoms. The summed E-state index contributed by atoms with van der Waals surface area (Å²) in [6.45, 7) is 4.06. The summed E-state index contributed by atoms with van der Waals surface area (Å²) in [5.41, 5.74) is 4.98. The third-order valence-corrected chi connectivity index (χ3v) is 3.40. The molecule has 0 bridgehead atoms. The second kappa shape index (κ2) is 4.39. The van der Waals surface area contributed by atoms with Crippen molar-refractivity contribution in [3.8, 4) is 11.1 Å². The molecule has 0 radical (unpaired) electrons. The van der Waals surface area contributed by atoms with E-state index >= 15 is 0 Å². The Morgan fingerprint density at radius 1 is 0.895 bits per heavy atom. The minimum Gasteiger partial charge on any atom is -0.360 e. The molecule has 1 aromatic heterocycles. The van der Waals surface area contributed by atoms with Gasteiger partial charge in [0, 0.05) is 22.7 Å². The van der Waals surface area contributed by atoms with Gasteiger partial charge in [-0.2, -0.15) is 0 Å². The number of hydrogen-bond donors (Lipinski definition) is 1. The van der Waals surface area contributed by atoms with E-state index in [-0.39, 0.29) is 5.43 Å². The van der Waals surface area contributed by atoms with Gasteiger partial charge < -0.3 is 4.98 Å². The molecule has 0 aliphatic carbocycles. The van der Waals surface area contributed by atoms with Crippen molar-refractivity contribution >= 4 is 10.9 Å².